The van der Waals surface area contributed by atoms with E-state index in [0.717, 1.165) is 30.4 Å². The third-order valence-corrected chi connectivity index (χ3v) is 5.20. The number of hydrogen-bond donors (Lipinski definition) is 0. The molecule has 146 valence electrons. The first kappa shape index (κ1) is 21.1. The second-order valence-electron chi connectivity index (χ2n) is 7.33. The Kier molecular flexibility index (Phi) is 7.18. The number of halogens is 1. The molecule has 0 radical (unpaired) electrons. The van der Waals surface area contributed by atoms with Gasteiger partial charge in [0, 0.05) is 11.6 Å². The second kappa shape index (κ2) is 9.16. The van der Waals surface area contributed by atoms with Gasteiger partial charge >= 0.3 is 0 Å². The average Bonchev–Trinajstić information content (AvgIpc) is 2.69. The summed E-state index contributed by atoms with van der Waals surface area (Å²) in [6.45, 7) is 10.7. The summed E-state index contributed by atoms with van der Waals surface area (Å²) >= 11 is 0. The molecular formula is C24H32FNO. The molecule has 0 fully saturated rings. The van der Waals surface area contributed by atoms with Crippen LogP contribution in [0.15, 0.2) is 36.5 Å². The molecule has 1 aliphatic carbocycles. The van der Waals surface area contributed by atoms with Crippen LogP contribution in [0, 0.1) is 11.2 Å². The first-order valence-electron chi connectivity index (χ1n) is 10.00. The van der Waals surface area contributed by atoms with Gasteiger partial charge in [-0.1, -0.05) is 58.9 Å². The Morgan fingerprint density at radius 1 is 1.11 bits per heavy atom. The van der Waals surface area contributed by atoms with E-state index in [1.807, 2.05) is 19.9 Å². The number of ether oxygens (including phenoxy) is 1. The molecule has 2 aromatic rings. The standard InChI is InChI=1S/C22H26FNO.C2H6/c1-5-15-9-10-16(18-13-21(25-4)24-14-20(18)23)17(12-15)19-8-6-7-11-22(19,2)3;1-2/h8-10,12-14H,5-7,11H2,1-4H3;1-2H3. The lowest BCUT2D eigenvalue weighted by Crippen LogP contribution is -2.17. The predicted molar refractivity (Wildman–Crippen MR) is 113 cm³/mol. The number of nitrogens with zero attached hydrogens (tertiary/aromatic N) is 1. The number of methoxy groups -OCH3 is 1. The highest BCUT2D eigenvalue weighted by molar-refractivity contribution is 5.84. The van der Waals surface area contributed by atoms with Crippen LogP contribution in [0.1, 0.15) is 65.0 Å². The maximum absolute atomic E-state index is 14.6. The molecule has 1 heterocycles. The number of aryl methyl sites for hydroxylation is 1. The van der Waals surface area contributed by atoms with E-state index in [1.165, 1.54) is 23.8 Å². The SMILES string of the molecule is CC.CCc1ccc(-c2cc(OC)ncc2F)c(C2=CCCCC2(C)C)c1. The maximum Gasteiger partial charge on any atom is 0.213 e. The number of rotatable bonds is 4. The summed E-state index contributed by atoms with van der Waals surface area (Å²) in [5.41, 5.74) is 5.27. The minimum absolute atomic E-state index is 0.0902. The third-order valence-electron chi connectivity index (χ3n) is 5.20. The Hall–Kier alpha value is -2.16. The Morgan fingerprint density at radius 3 is 2.48 bits per heavy atom. The van der Waals surface area contributed by atoms with Gasteiger partial charge < -0.3 is 4.74 Å². The van der Waals surface area contributed by atoms with Gasteiger partial charge in [-0.25, -0.2) is 9.37 Å². The molecule has 0 unspecified atom stereocenters. The van der Waals surface area contributed by atoms with Crippen LogP contribution >= 0.6 is 0 Å². The first-order valence-corrected chi connectivity index (χ1v) is 10.00. The minimum Gasteiger partial charge on any atom is -0.481 e. The Bertz CT molecular complexity index is 808. The number of hydrogen-bond acceptors (Lipinski definition) is 2. The highest BCUT2D eigenvalue weighted by Crippen LogP contribution is 2.46. The van der Waals surface area contributed by atoms with Crippen LogP contribution in [0.3, 0.4) is 0 Å². The van der Waals surface area contributed by atoms with Gasteiger partial charge in [0.1, 0.15) is 5.82 Å². The lowest BCUT2D eigenvalue weighted by atomic mass is 9.71. The molecule has 0 saturated heterocycles. The molecule has 3 rings (SSSR count). The van der Waals surface area contributed by atoms with Gasteiger partial charge in [0.15, 0.2) is 0 Å². The zero-order chi connectivity index (χ0) is 20.0. The van der Waals surface area contributed by atoms with Crippen molar-refractivity contribution in [1.82, 2.24) is 4.98 Å². The summed E-state index contributed by atoms with van der Waals surface area (Å²) in [5.74, 6) is 0.110. The molecule has 0 bridgehead atoms. The summed E-state index contributed by atoms with van der Waals surface area (Å²) in [5, 5.41) is 0. The molecular weight excluding hydrogens is 337 g/mol. The van der Waals surface area contributed by atoms with Crippen molar-refractivity contribution < 1.29 is 9.13 Å². The quantitative estimate of drug-likeness (QED) is 0.574. The molecule has 0 atom stereocenters. The average molecular weight is 370 g/mol. The number of pyridine rings is 1. The Morgan fingerprint density at radius 2 is 1.85 bits per heavy atom. The predicted octanol–water partition coefficient (Wildman–Crippen LogP) is 7.08. The highest BCUT2D eigenvalue weighted by atomic mass is 19.1. The minimum atomic E-state index is -0.319. The highest BCUT2D eigenvalue weighted by Gasteiger charge is 2.29. The summed E-state index contributed by atoms with van der Waals surface area (Å²) < 4.78 is 19.8. The number of benzene rings is 1. The molecule has 0 spiro atoms. The molecule has 0 saturated carbocycles. The van der Waals surface area contributed by atoms with Crippen LogP contribution in [0.4, 0.5) is 4.39 Å². The van der Waals surface area contributed by atoms with E-state index in [-0.39, 0.29) is 11.2 Å². The fraction of sp³-hybridized carbons (Fsp3) is 0.458. The van der Waals surface area contributed by atoms with Gasteiger partial charge in [-0.2, -0.15) is 0 Å². The Labute approximate surface area is 163 Å². The van der Waals surface area contributed by atoms with Gasteiger partial charge in [0.05, 0.1) is 13.3 Å². The van der Waals surface area contributed by atoms with Crippen molar-refractivity contribution in [3.63, 3.8) is 0 Å². The van der Waals surface area contributed by atoms with Gasteiger partial charge in [0.25, 0.3) is 0 Å². The van der Waals surface area contributed by atoms with Crippen molar-refractivity contribution in [2.24, 2.45) is 5.41 Å². The van der Waals surface area contributed by atoms with E-state index in [4.69, 9.17) is 4.74 Å². The molecule has 1 aromatic heterocycles. The van der Waals surface area contributed by atoms with Crippen molar-refractivity contribution in [3.05, 3.63) is 53.5 Å². The summed E-state index contributed by atoms with van der Waals surface area (Å²) in [6.07, 6.45) is 7.97. The van der Waals surface area contributed by atoms with Crippen LogP contribution in [0.5, 0.6) is 5.88 Å². The lowest BCUT2D eigenvalue weighted by molar-refractivity contribution is 0.396. The zero-order valence-corrected chi connectivity index (χ0v) is 17.5. The fourth-order valence-electron chi connectivity index (χ4n) is 3.68. The van der Waals surface area contributed by atoms with E-state index < -0.39 is 0 Å². The van der Waals surface area contributed by atoms with E-state index in [1.54, 1.807) is 13.2 Å². The van der Waals surface area contributed by atoms with Gasteiger partial charge in [-0.05, 0) is 53.4 Å². The summed E-state index contributed by atoms with van der Waals surface area (Å²) in [4.78, 5) is 3.98. The smallest absolute Gasteiger partial charge is 0.213 e. The van der Waals surface area contributed by atoms with Gasteiger partial charge in [-0.3, -0.25) is 0 Å². The third kappa shape index (κ3) is 4.58. The molecule has 1 aromatic carbocycles. The largest absolute Gasteiger partial charge is 0.481 e. The molecule has 27 heavy (non-hydrogen) atoms. The maximum atomic E-state index is 14.6. The Balaban J connectivity index is 0.00000126. The van der Waals surface area contributed by atoms with E-state index in [2.05, 4.69) is 44.0 Å². The van der Waals surface area contributed by atoms with Crippen molar-refractivity contribution >= 4 is 5.57 Å². The first-order chi connectivity index (χ1) is 13.0. The van der Waals surface area contributed by atoms with Crippen molar-refractivity contribution in [3.8, 4) is 17.0 Å². The van der Waals surface area contributed by atoms with E-state index in [9.17, 15) is 4.39 Å². The molecule has 0 aliphatic heterocycles. The molecule has 3 heteroatoms. The zero-order valence-electron chi connectivity index (χ0n) is 17.5. The van der Waals surface area contributed by atoms with Gasteiger partial charge in [-0.15, -0.1) is 0 Å². The molecule has 0 N–H and O–H groups in total. The topological polar surface area (TPSA) is 22.1 Å². The monoisotopic (exact) mass is 369 g/mol. The summed E-state index contributed by atoms with van der Waals surface area (Å²) in [7, 11) is 1.55. The van der Waals surface area contributed by atoms with Crippen LogP contribution in [0.2, 0.25) is 0 Å². The molecule has 1 aliphatic rings. The van der Waals surface area contributed by atoms with Crippen molar-refractivity contribution in [2.45, 2.75) is 60.3 Å². The lowest BCUT2D eigenvalue weighted by Gasteiger charge is -2.33. The van der Waals surface area contributed by atoms with Crippen LogP contribution in [-0.4, -0.2) is 12.1 Å². The molecule has 2 nitrogen and oxygen atoms in total. The number of aromatic nitrogens is 1. The number of allylic oxidation sites excluding steroid dienone is 2. The van der Waals surface area contributed by atoms with E-state index >= 15 is 0 Å². The van der Waals surface area contributed by atoms with Crippen LogP contribution in [-0.2, 0) is 6.42 Å². The van der Waals surface area contributed by atoms with Crippen LogP contribution in [0.25, 0.3) is 16.7 Å². The second-order valence-corrected chi connectivity index (χ2v) is 7.33. The fourth-order valence-corrected chi connectivity index (χ4v) is 3.68. The van der Waals surface area contributed by atoms with Crippen molar-refractivity contribution in [2.75, 3.05) is 7.11 Å². The molecule has 0 amide bonds. The van der Waals surface area contributed by atoms with Crippen LogP contribution < -0.4 is 4.74 Å². The van der Waals surface area contributed by atoms with E-state index in [0.29, 0.717) is 11.4 Å². The van der Waals surface area contributed by atoms with Crippen molar-refractivity contribution in [1.29, 1.82) is 0 Å². The van der Waals surface area contributed by atoms with Gasteiger partial charge in [0.2, 0.25) is 5.88 Å². The summed E-state index contributed by atoms with van der Waals surface area (Å²) in [6, 6.07) is 8.04. The normalized spacial score (nSPS) is 15.4.